The summed E-state index contributed by atoms with van der Waals surface area (Å²) in [4.78, 5) is 24.4. The van der Waals surface area contributed by atoms with E-state index in [4.69, 9.17) is 9.05 Å². The van der Waals surface area contributed by atoms with E-state index in [2.05, 4.69) is 12.2 Å². The molecule has 0 aromatic heterocycles. The fourth-order valence-electron chi connectivity index (χ4n) is 4.04. The molecular weight excluding hydrogens is 519 g/mol. The first kappa shape index (κ1) is 37.9. The second-order valence-corrected chi connectivity index (χ2v) is 14.2. The summed E-state index contributed by atoms with van der Waals surface area (Å²) >= 11 is 1.75. The minimum atomic E-state index is -4.39. The molecular formula is C29H61N2O5PS. The molecule has 0 radical (unpaired) electrons. The standard InChI is InChI=1S/C29H61N2O5PS/c1-6-8-10-11-12-13-14-15-16-17-18-19-20-21-25-38-27-28(30-29(32)22-9-7-2)26-36-37(33,34)35-24-23-31(3,4)5/h28H,6-27H2,1-5H3,(H-,30,32,33,34)/t28-/m0/s1. The summed E-state index contributed by atoms with van der Waals surface area (Å²) in [5.74, 6) is 1.59. The maximum absolute atomic E-state index is 12.2. The molecule has 0 bridgehead atoms. The maximum atomic E-state index is 12.2. The average molecular weight is 581 g/mol. The molecule has 1 unspecified atom stereocenters. The lowest BCUT2D eigenvalue weighted by Gasteiger charge is -2.28. The molecule has 0 aromatic rings. The van der Waals surface area contributed by atoms with Crippen molar-refractivity contribution in [3.63, 3.8) is 0 Å². The van der Waals surface area contributed by atoms with E-state index in [1.54, 1.807) is 11.8 Å². The first-order valence-corrected chi connectivity index (χ1v) is 18.0. The fraction of sp³-hybridized carbons (Fsp3) is 0.966. The van der Waals surface area contributed by atoms with Crippen LogP contribution in [0.3, 0.4) is 0 Å². The van der Waals surface area contributed by atoms with Gasteiger partial charge in [-0.25, -0.2) is 0 Å². The Morgan fingerprint density at radius 2 is 1.32 bits per heavy atom. The van der Waals surface area contributed by atoms with E-state index in [-0.39, 0.29) is 25.2 Å². The molecule has 9 heteroatoms. The summed E-state index contributed by atoms with van der Waals surface area (Å²) in [7, 11) is 1.51. The number of carbonyl (C=O) groups excluding carboxylic acids is 1. The largest absolute Gasteiger partial charge is 0.756 e. The van der Waals surface area contributed by atoms with Crippen LogP contribution in [0.4, 0.5) is 0 Å². The van der Waals surface area contributed by atoms with E-state index in [1.165, 1.54) is 83.5 Å². The highest BCUT2D eigenvalue weighted by Crippen LogP contribution is 2.38. The molecule has 0 aromatic carbocycles. The number of hydrogen-bond acceptors (Lipinski definition) is 6. The summed E-state index contributed by atoms with van der Waals surface area (Å²) in [5, 5.41) is 2.95. The average Bonchev–Trinajstić information content (AvgIpc) is 2.84. The third kappa shape index (κ3) is 27.5. The Hall–Kier alpha value is -0.110. The zero-order chi connectivity index (χ0) is 28.5. The van der Waals surface area contributed by atoms with Crippen molar-refractivity contribution < 1.29 is 27.8 Å². The van der Waals surface area contributed by atoms with E-state index in [0.29, 0.717) is 23.2 Å². The molecule has 7 nitrogen and oxygen atoms in total. The number of unbranched alkanes of at least 4 members (excludes halogenated alkanes) is 14. The first-order chi connectivity index (χ1) is 18.1. The van der Waals surface area contributed by atoms with Crippen molar-refractivity contribution in [2.24, 2.45) is 0 Å². The van der Waals surface area contributed by atoms with Crippen LogP contribution in [0.25, 0.3) is 0 Å². The van der Waals surface area contributed by atoms with Crippen molar-refractivity contribution in [1.29, 1.82) is 0 Å². The molecule has 0 saturated carbocycles. The molecule has 228 valence electrons. The number of carbonyl (C=O) groups is 1. The van der Waals surface area contributed by atoms with Crippen LogP contribution in [0.15, 0.2) is 0 Å². The lowest BCUT2D eigenvalue weighted by Crippen LogP contribution is -2.40. The number of hydrogen-bond donors (Lipinski definition) is 1. The summed E-state index contributed by atoms with van der Waals surface area (Å²) in [6.45, 7) is 4.86. The number of nitrogens with one attached hydrogen (secondary N) is 1. The molecule has 1 N–H and O–H groups in total. The third-order valence-electron chi connectivity index (χ3n) is 6.53. The van der Waals surface area contributed by atoms with Crippen molar-refractivity contribution in [1.82, 2.24) is 5.32 Å². The van der Waals surface area contributed by atoms with Crippen molar-refractivity contribution in [2.75, 3.05) is 52.4 Å². The minimum absolute atomic E-state index is 0.0516. The lowest BCUT2D eigenvalue weighted by atomic mass is 10.0. The number of thioether (sulfide) groups is 1. The van der Waals surface area contributed by atoms with E-state index in [0.717, 1.165) is 25.0 Å². The van der Waals surface area contributed by atoms with Crippen LogP contribution in [0.5, 0.6) is 0 Å². The number of phosphoric ester groups is 1. The normalized spacial score (nSPS) is 14.4. The van der Waals surface area contributed by atoms with Crippen LogP contribution in [-0.4, -0.2) is 68.8 Å². The summed E-state index contributed by atoms with van der Waals surface area (Å²) in [6.07, 6.45) is 21.0. The van der Waals surface area contributed by atoms with Gasteiger partial charge in [-0.1, -0.05) is 104 Å². The Kier molecular flexibility index (Phi) is 24.6. The van der Waals surface area contributed by atoms with E-state index in [9.17, 15) is 14.3 Å². The minimum Gasteiger partial charge on any atom is -0.756 e. The molecule has 38 heavy (non-hydrogen) atoms. The van der Waals surface area contributed by atoms with Gasteiger partial charge in [0, 0.05) is 12.2 Å². The van der Waals surface area contributed by atoms with Crippen LogP contribution < -0.4 is 10.2 Å². The molecule has 0 rings (SSSR count). The quantitative estimate of drug-likeness (QED) is 0.0604. The highest BCUT2D eigenvalue weighted by molar-refractivity contribution is 7.99. The number of amides is 1. The van der Waals surface area contributed by atoms with Gasteiger partial charge in [0.05, 0.1) is 33.8 Å². The molecule has 2 atom stereocenters. The number of quaternary nitrogens is 1. The van der Waals surface area contributed by atoms with E-state index in [1.807, 2.05) is 28.1 Å². The molecule has 0 aliphatic heterocycles. The molecule has 0 saturated heterocycles. The van der Waals surface area contributed by atoms with E-state index < -0.39 is 7.82 Å². The molecule has 0 aliphatic carbocycles. The van der Waals surface area contributed by atoms with Gasteiger partial charge in [0.2, 0.25) is 5.91 Å². The summed E-state index contributed by atoms with van der Waals surface area (Å²) in [5.41, 5.74) is 0. The fourth-order valence-corrected chi connectivity index (χ4v) is 5.82. The van der Waals surface area contributed by atoms with Crippen LogP contribution in [0.2, 0.25) is 0 Å². The molecule has 0 spiro atoms. The summed E-state index contributed by atoms with van der Waals surface area (Å²) in [6, 6.07) is -0.347. The van der Waals surface area contributed by atoms with Gasteiger partial charge in [-0.15, -0.1) is 0 Å². The Labute approximate surface area is 239 Å². The van der Waals surface area contributed by atoms with Gasteiger partial charge in [-0.2, -0.15) is 11.8 Å². The predicted octanol–water partition coefficient (Wildman–Crippen LogP) is 7.08. The van der Waals surface area contributed by atoms with Gasteiger partial charge >= 0.3 is 0 Å². The highest BCUT2D eigenvalue weighted by Gasteiger charge is 2.18. The Morgan fingerprint density at radius 3 is 1.82 bits per heavy atom. The Bertz CT molecular complexity index is 604. The van der Waals surface area contributed by atoms with Crippen molar-refractivity contribution in [3.05, 3.63) is 0 Å². The van der Waals surface area contributed by atoms with Gasteiger partial charge in [0.1, 0.15) is 13.2 Å². The molecule has 0 fully saturated rings. The van der Waals surface area contributed by atoms with Crippen molar-refractivity contribution in [3.8, 4) is 0 Å². The third-order valence-corrected chi connectivity index (χ3v) is 8.71. The second kappa shape index (κ2) is 24.7. The van der Waals surface area contributed by atoms with Crippen LogP contribution in [0, 0.1) is 0 Å². The zero-order valence-corrected chi connectivity index (χ0v) is 27.2. The summed E-state index contributed by atoms with van der Waals surface area (Å²) < 4.78 is 22.9. The number of nitrogens with zero attached hydrogens (tertiary/aromatic N) is 1. The monoisotopic (exact) mass is 580 g/mol. The number of likely N-dealkylation sites (N-methyl/N-ethyl adjacent to an activating group) is 1. The van der Waals surface area contributed by atoms with E-state index >= 15 is 0 Å². The molecule has 0 aliphatic rings. The van der Waals surface area contributed by atoms with Gasteiger partial charge in [0.15, 0.2) is 0 Å². The van der Waals surface area contributed by atoms with Crippen molar-refractivity contribution in [2.45, 2.75) is 129 Å². The Morgan fingerprint density at radius 1 is 0.816 bits per heavy atom. The Balaban J connectivity index is 4.03. The SMILES string of the molecule is CCCCCCCCCCCCCCCCSC[C@H](COP(=O)([O-])OCC[N+](C)(C)C)NC(=O)CCCC. The maximum Gasteiger partial charge on any atom is 0.268 e. The molecule has 1 amide bonds. The van der Waals surface area contributed by atoms with Gasteiger partial charge < -0.3 is 23.7 Å². The highest BCUT2D eigenvalue weighted by atomic mass is 32.2. The number of phosphoric acid groups is 1. The van der Waals surface area contributed by atoms with Gasteiger partial charge in [-0.3, -0.25) is 9.36 Å². The van der Waals surface area contributed by atoms with Crippen LogP contribution in [0.1, 0.15) is 123 Å². The van der Waals surface area contributed by atoms with Crippen LogP contribution >= 0.6 is 19.6 Å². The molecule has 0 heterocycles. The van der Waals surface area contributed by atoms with Crippen molar-refractivity contribution >= 4 is 25.5 Å². The van der Waals surface area contributed by atoms with Gasteiger partial charge in [0.25, 0.3) is 7.82 Å². The lowest BCUT2D eigenvalue weighted by molar-refractivity contribution is -0.870. The predicted molar refractivity (Wildman–Crippen MR) is 162 cm³/mol. The second-order valence-electron chi connectivity index (χ2n) is 11.6. The number of rotatable bonds is 28. The zero-order valence-electron chi connectivity index (χ0n) is 25.5. The smallest absolute Gasteiger partial charge is 0.268 e. The van der Waals surface area contributed by atoms with Gasteiger partial charge in [-0.05, 0) is 18.6 Å². The topological polar surface area (TPSA) is 87.7 Å². The first-order valence-electron chi connectivity index (χ1n) is 15.4. The van der Waals surface area contributed by atoms with Crippen LogP contribution in [-0.2, 0) is 18.4 Å².